The highest BCUT2D eigenvalue weighted by molar-refractivity contribution is 6.32. The van der Waals surface area contributed by atoms with E-state index in [1.54, 1.807) is 68.8 Å². The van der Waals surface area contributed by atoms with Crippen molar-refractivity contribution in [3.05, 3.63) is 164 Å². The van der Waals surface area contributed by atoms with Crippen molar-refractivity contribution in [1.29, 1.82) is 10.5 Å². The topological polar surface area (TPSA) is 247 Å². The Labute approximate surface area is 425 Å². The predicted octanol–water partition coefficient (Wildman–Crippen LogP) is 7.57. The van der Waals surface area contributed by atoms with Crippen molar-refractivity contribution in [1.82, 2.24) is 30.4 Å². The molecular formula is C53H50Cl2N8O9. The van der Waals surface area contributed by atoms with Gasteiger partial charge in [-0.05, 0) is 85.0 Å². The molecule has 2 atom stereocenters. The van der Waals surface area contributed by atoms with Crippen molar-refractivity contribution in [2.24, 2.45) is 0 Å². The summed E-state index contributed by atoms with van der Waals surface area (Å²) < 4.78 is 26.0. The van der Waals surface area contributed by atoms with Gasteiger partial charge in [-0.1, -0.05) is 53.5 Å². The molecule has 7 aromatic rings. The zero-order valence-electron chi connectivity index (χ0n) is 39.4. The molecule has 0 aliphatic carbocycles. The number of hydrogen-bond donors (Lipinski definition) is 5. The van der Waals surface area contributed by atoms with Gasteiger partial charge in [0.25, 0.3) is 0 Å². The van der Waals surface area contributed by atoms with Gasteiger partial charge in [-0.25, -0.2) is 0 Å². The van der Waals surface area contributed by atoms with E-state index in [1.807, 2.05) is 48.0 Å². The van der Waals surface area contributed by atoms with Gasteiger partial charge in [-0.2, -0.15) is 15.6 Å². The Hall–Kier alpha value is -7.61. The molecule has 0 radical (unpaired) electrons. The number of carbonyl (C=O) groups excluding carboxylic acids is 1. The number of rotatable bonds is 23. The first kappa shape index (κ1) is 52.2. The Morgan fingerprint density at radius 3 is 1.89 bits per heavy atom. The highest BCUT2D eigenvalue weighted by Crippen LogP contribution is 2.37. The van der Waals surface area contributed by atoms with Gasteiger partial charge in [0.05, 0.1) is 53.7 Å². The first-order chi connectivity index (χ1) is 34.8. The molecule has 0 spiro atoms. The molecule has 3 aromatic heterocycles. The number of carbonyl (C=O) groups is 2. The van der Waals surface area contributed by atoms with Crippen molar-refractivity contribution in [2.45, 2.75) is 78.4 Å². The lowest BCUT2D eigenvalue weighted by molar-refractivity contribution is -0.151. The van der Waals surface area contributed by atoms with Gasteiger partial charge in [-0.3, -0.25) is 34.9 Å². The third-order valence-corrected chi connectivity index (χ3v) is 12.1. The number of nitriles is 2. The fraction of sp³-hybridized carbons (Fsp3) is 0.264. The molecule has 3 heterocycles. The van der Waals surface area contributed by atoms with Gasteiger partial charge in [0.2, 0.25) is 0 Å². The average Bonchev–Trinajstić information content (AvgIpc) is 3.79. The summed E-state index contributed by atoms with van der Waals surface area (Å²) in [6, 6.07) is 24.0. The van der Waals surface area contributed by atoms with Gasteiger partial charge in [0, 0.05) is 76.6 Å². The highest BCUT2D eigenvalue weighted by Gasteiger charge is 2.23. The fourth-order valence-electron chi connectivity index (χ4n) is 7.71. The molecule has 370 valence electrons. The maximum Gasteiger partial charge on any atom is 0.325 e. The number of pyridine rings is 2. The molecule has 0 aliphatic rings. The van der Waals surface area contributed by atoms with E-state index < -0.39 is 37.2 Å². The van der Waals surface area contributed by atoms with Crippen LogP contribution >= 0.6 is 23.2 Å². The number of benzene rings is 4. The Balaban J connectivity index is 1.13. The van der Waals surface area contributed by atoms with E-state index in [0.717, 1.165) is 33.2 Å². The van der Waals surface area contributed by atoms with E-state index in [9.17, 15) is 35.4 Å². The standard InChI is InChI=1S/C53H50Cl2N8O9/c1-31(2)72-53(68)47(27-65)61-23-39-13-45(55)51(15-50(39)70-29-36-11-34(17-57)19-59-21-36)71-30-37-6-4-7-41(32(37)3)42-8-5-9-48-43(42)24-62-63(48)25-40-14-49(69-28-35-10-33(16-56)18-58-20-35)38(12-44(40)54)22-60-46(26-64)52(66)67/h4-15,18-21,24,31,46-47,60-61,64-65H,22-23,25-30H2,1-3H3,(H,66,67)/t46-,47?/m0/s1. The zero-order valence-corrected chi connectivity index (χ0v) is 40.9. The van der Waals surface area contributed by atoms with Gasteiger partial charge in [0.15, 0.2) is 0 Å². The Morgan fingerprint density at radius 1 is 0.694 bits per heavy atom. The summed E-state index contributed by atoms with van der Waals surface area (Å²) in [5.41, 5.74) is 8.40. The second kappa shape index (κ2) is 24.5. The number of esters is 1. The predicted molar refractivity (Wildman–Crippen MR) is 267 cm³/mol. The Morgan fingerprint density at radius 2 is 1.28 bits per heavy atom. The molecule has 0 amide bonds. The first-order valence-corrected chi connectivity index (χ1v) is 23.4. The monoisotopic (exact) mass is 1010 g/mol. The lowest BCUT2D eigenvalue weighted by atomic mass is 9.94. The summed E-state index contributed by atoms with van der Waals surface area (Å²) in [7, 11) is 0. The van der Waals surface area contributed by atoms with Crippen LogP contribution in [0.2, 0.25) is 10.0 Å². The molecule has 7 rings (SSSR count). The van der Waals surface area contributed by atoms with Crippen LogP contribution in [0.4, 0.5) is 0 Å². The number of aliphatic hydroxyl groups excluding tert-OH is 2. The van der Waals surface area contributed by atoms with E-state index in [-0.39, 0.29) is 50.6 Å². The van der Waals surface area contributed by atoms with Crippen molar-refractivity contribution in [2.75, 3.05) is 13.2 Å². The molecule has 72 heavy (non-hydrogen) atoms. The number of hydrogen-bond acceptors (Lipinski definition) is 15. The van der Waals surface area contributed by atoms with Crippen molar-refractivity contribution < 1.29 is 43.9 Å². The Bertz CT molecular complexity index is 3170. The normalized spacial score (nSPS) is 12.0. The average molecular weight is 1010 g/mol. The number of ether oxygens (including phenoxy) is 4. The molecule has 5 N–H and O–H groups in total. The molecule has 0 saturated carbocycles. The molecule has 0 saturated heterocycles. The van der Waals surface area contributed by atoms with E-state index in [2.05, 4.69) is 32.7 Å². The maximum atomic E-state index is 12.6. The number of carboxylic acids is 1. The van der Waals surface area contributed by atoms with E-state index in [4.69, 9.17) is 47.2 Å². The SMILES string of the molecule is Cc1c(COc2cc(OCc3cncc(C#N)c3)c(CNC(CO)C(=O)OC(C)C)cc2Cl)cccc1-c1cccc2c1cnn2Cc1cc(OCc2cncc(C#N)c2)c(CN[C@@H](CO)C(=O)O)cc1Cl. The minimum Gasteiger partial charge on any atom is -0.489 e. The van der Waals surface area contributed by atoms with Crippen molar-refractivity contribution >= 4 is 46.0 Å². The molecule has 17 nitrogen and oxygen atoms in total. The highest BCUT2D eigenvalue weighted by atomic mass is 35.5. The molecule has 19 heteroatoms. The molecule has 0 aliphatic heterocycles. The molecule has 1 unspecified atom stereocenters. The van der Waals surface area contributed by atoms with E-state index in [1.165, 1.54) is 12.4 Å². The van der Waals surface area contributed by atoms with Gasteiger partial charge in [-0.15, -0.1) is 0 Å². The number of aromatic nitrogens is 4. The third-order valence-electron chi connectivity index (χ3n) is 11.5. The van der Waals surface area contributed by atoms with Crippen LogP contribution in [0.3, 0.4) is 0 Å². The Kier molecular flexibility index (Phi) is 17.8. The first-order valence-electron chi connectivity index (χ1n) is 22.6. The minimum atomic E-state index is -1.21. The smallest absolute Gasteiger partial charge is 0.325 e. The van der Waals surface area contributed by atoms with Crippen LogP contribution in [-0.4, -0.2) is 78.4 Å². The number of fused-ring (bicyclic) bond motifs is 1. The molecule has 4 aromatic carbocycles. The van der Waals surface area contributed by atoms with Crippen LogP contribution in [0.1, 0.15) is 63.9 Å². The summed E-state index contributed by atoms with van der Waals surface area (Å²) in [6.07, 6.45) is 7.52. The second-order valence-corrected chi connectivity index (χ2v) is 17.7. The number of halogens is 2. The van der Waals surface area contributed by atoms with Gasteiger partial charge in [0.1, 0.15) is 61.3 Å². The van der Waals surface area contributed by atoms with Crippen LogP contribution in [0.25, 0.3) is 22.0 Å². The largest absolute Gasteiger partial charge is 0.489 e. The fourth-order valence-corrected chi connectivity index (χ4v) is 8.20. The number of aliphatic hydroxyl groups is 2. The maximum absolute atomic E-state index is 12.6. The minimum absolute atomic E-state index is 0.0254. The summed E-state index contributed by atoms with van der Waals surface area (Å²) in [5, 5.41) is 60.1. The molecule has 0 fully saturated rings. The van der Waals surface area contributed by atoms with Crippen LogP contribution in [0.5, 0.6) is 17.2 Å². The lowest BCUT2D eigenvalue weighted by Crippen LogP contribution is -2.41. The lowest BCUT2D eigenvalue weighted by Gasteiger charge is -2.20. The quantitative estimate of drug-likeness (QED) is 0.0388. The van der Waals surface area contributed by atoms with Gasteiger partial charge < -0.3 is 34.3 Å². The number of nitrogens with one attached hydrogen (secondary N) is 2. The number of nitrogens with zero attached hydrogens (tertiary/aromatic N) is 6. The zero-order chi connectivity index (χ0) is 51.3. The van der Waals surface area contributed by atoms with Crippen molar-refractivity contribution in [3.8, 4) is 40.5 Å². The second-order valence-electron chi connectivity index (χ2n) is 16.9. The summed E-state index contributed by atoms with van der Waals surface area (Å²) in [6.45, 7) is 4.97. The van der Waals surface area contributed by atoms with Crippen molar-refractivity contribution in [3.63, 3.8) is 0 Å². The molecular weight excluding hydrogens is 964 g/mol. The summed E-state index contributed by atoms with van der Waals surface area (Å²) >= 11 is 13.8. The number of carboxylic acid groups (broad SMARTS) is 1. The van der Waals surface area contributed by atoms with Gasteiger partial charge >= 0.3 is 11.9 Å². The van der Waals surface area contributed by atoms with Crippen LogP contribution in [0, 0.1) is 29.6 Å². The van der Waals surface area contributed by atoms with Crippen LogP contribution in [-0.2, 0) is 53.8 Å². The summed E-state index contributed by atoms with van der Waals surface area (Å²) in [5.74, 6) is -0.680. The molecule has 0 bridgehead atoms. The van der Waals surface area contributed by atoms with Crippen LogP contribution in [0.15, 0.2) is 104 Å². The van der Waals surface area contributed by atoms with Crippen LogP contribution < -0.4 is 24.8 Å². The van der Waals surface area contributed by atoms with E-state index >= 15 is 0 Å². The number of aliphatic carboxylic acids is 1. The summed E-state index contributed by atoms with van der Waals surface area (Å²) in [4.78, 5) is 32.5. The van der Waals surface area contributed by atoms with E-state index in [0.29, 0.717) is 61.2 Å². The third kappa shape index (κ3) is 13.0.